The van der Waals surface area contributed by atoms with Crippen LogP contribution in [0.4, 0.5) is 5.69 Å². The fraction of sp³-hybridized carbons (Fsp3) is 0.154. The molecule has 0 heterocycles. The second kappa shape index (κ2) is 6.37. The van der Waals surface area contributed by atoms with E-state index in [0.717, 1.165) is 5.71 Å². The van der Waals surface area contributed by atoms with Crippen molar-refractivity contribution < 1.29 is 9.90 Å². The van der Waals surface area contributed by atoms with E-state index in [-0.39, 0.29) is 5.56 Å². The first-order valence-electron chi connectivity index (χ1n) is 5.14. The standard InChI is InChI=1S/C13H14N2O2/c1-3-5-12(14-2)9-15-11-7-4-6-10(8-11)13(16)17/h3-9H,1-2H3,(H,16,17). The van der Waals surface area contributed by atoms with E-state index < -0.39 is 5.97 Å². The molecule has 0 atom stereocenters. The van der Waals surface area contributed by atoms with Crippen LogP contribution in [-0.2, 0) is 0 Å². The summed E-state index contributed by atoms with van der Waals surface area (Å²) < 4.78 is 0. The van der Waals surface area contributed by atoms with Crippen LogP contribution < -0.4 is 0 Å². The van der Waals surface area contributed by atoms with Crippen LogP contribution in [0.25, 0.3) is 0 Å². The molecule has 1 aromatic rings. The molecule has 1 rings (SSSR count). The minimum atomic E-state index is -0.958. The zero-order valence-electron chi connectivity index (χ0n) is 9.79. The number of benzene rings is 1. The third kappa shape index (κ3) is 4.03. The summed E-state index contributed by atoms with van der Waals surface area (Å²) in [6, 6.07) is 6.45. The lowest BCUT2D eigenvalue weighted by Gasteiger charge is -1.96. The normalized spacial score (nSPS) is 12.5. The first-order chi connectivity index (χ1) is 8.17. The van der Waals surface area contributed by atoms with Crippen molar-refractivity contribution in [3.63, 3.8) is 0 Å². The number of aliphatic imine (C=N–C) groups is 2. The Kier molecular flexibility index (Phi) is 4.81. The van der Waals surface area contributed by atoms with Crippen LogP contribution in [0.15, 0.2) is 46.4 Å². The Hall–Kier alpha value is -2.23. The summed E-state index contributed by atoms with van der Waals surface area (Å²) in [5, 5.41) is 8.83. The van der Waals surface area contributed by atoms with Gasteiger partial charge in [0.15, 0.2) is 0 Å². The van der Waals surface area contributed by atoms with Gasteiger partial charge in [-0.25, -0.2) is 4.79 Å². The van der Waals surface area contributed by atoms with Gasteiger partial charge in [-0.3, -0.25) is 9.98 Å². The molecule has 4 nitrogen and oxygen atoms in total. The number of nitrogens with zero attached hydrogens (tertiary/aromatic N) is 2. The number of rotatable bonds is 4. The van der Waals surface area contributed by atoms with Gasteiger partial charge in [-0.15, -0.1) is 0 Å². The van der Waals surface area contributed by atoms with Crippen LogP contribution in [0.5, 0.6) is 0 Å². The molecule has 0 amide bonds. The molecular weight excluding hydrogens is 216 g/mol. The molecule has 0 unspecified atom stereocenters. The fourth-order valence-electron chi connectivity index (χ4n) is 1.21. The summed E-state index contributed by atoms with van der Waals surface area (Å²) in [4.78, 5) is 18.9. The summed E-state index contributed by atoms with van der Waals surface area (Å²) in [5.74, 6) is -0.958. The smallest absolute Gasteiger partial charge is 0.335 e. The van der Waals surface area contributed by atoms with E-state index >= 15 is 0 Å². The second-order valence-electron chi connectivity index (χ2n) is 3.26. The van der Waals surface area contributed by atoms with E-state index in [4.69, 9.17) is 5.11 Å². The van der Waals surface area contributed by atoms with Crippen LogP contribution in [0, 0.1) is 0 Å². The molecule has 0 saturated heterocycles. The molecule has 4 heteroatoms. The van der Waals surface area contributed by atoms with Gasteiger partial charge in [0.2, 0.25) is 0 Å². The molecule has 0 bridgehead atoms. The molecule has 0 radical (unpaired) electrons. The molecule has 0 fully saturated rings. The number of carbonyl (C=O) groups is 1. The van der Waals surface area contributed by atoms with E-state index in [0.29, 0.717) is 5.69 Å². The minimum Gasteiger partial charge on any atom is -0.478 e. The van der Waals surface area contributed by atoms with Crippen molar-refractivity contribution >= 4 is 23.6 Å². The molecule has 0 aliphatic rings. The van der Waals surface area contributed by atoms with Crippen LogP contribution in [-0.4, -0.2) is 30.0 Å². The van der Waals surface area contributed by atoms with E-state index in [2.05, 4.69) is 9.98 Å². The first-order valence-corrected chi connectivity index (χ1v) is 5.14. The van der Waals surface area contributed by atoms with Gasteiger partial charge in [-0.2, -0.15) is 0 Å². The number of carboxylic acid groups (broad SMARTS) is 1. The lowest BCUT2D eigenvalue weighted by Crippen LogP contribution is -1.96. The Labute approximate surface area is 100 Å². The molecule has 1 aromatic carbocycles. The van der Waals surface area contributed by atoms with Gasteiger partial charge in [0.1, 0.15) is 0 Å². The van der Waals surface area contributed by atoms with Crippen LogP contribution >= 0.6 is 0 Å². The molecular formula is C13H14N2O2. The van der Waals surface area contributed by atoms with Crippen LogP contribution in [0.1, 0.15) is 17.3 Å². The van der Waals surface area contributed by atoms with Crippen molar-refractivity contribution in [2.75, 3.05) is 7.05 Å². The predicted molar refractivity (Wildman–Crippen MR) is 69.7 cm³/mol. The molecule has 1 N–H and O–H groups in total. The Morgan fingerprint density at radius 1 is 1.41 bits per heavy atom. The highest BCUT2D eigenvalue weighted by atomic mass is 16.4. The average Bonchev–Trinajstić information content (AvgIpc) is 2.34. The van der Waals surface area contributed by atoms with Crippen molar-refractivity contribution in [2.45, 2.75) is 6.92 Å². The van der Waals surface area contributed by atoms with E-state index in [9.17, 15) is 4.79 Å². The first kappa shape index (κ1) is 12.8. The number of allylic oxidation sites excluding steroid dienone is 2. The van der Waals surface area contributed by atoms with Crippen LogP contribution in [0.2, 0.25) is 0 Å². The van der Waals surface area contributed by atoms with Gasteiger partial charge in [-0.1, -0.05) is 12.1 Å². The van der Waals surface area contributed by atoms with E-state index in [1.54, 1.807) is 25.4 Å². The summed E-state index contributed by atoms with van der Waals surface area (Å²) in [6.07, 6.45) is 5.29. The summed E-state index contributed by atoms with van der Waals surface area (Å²) in [5.41, 5.74) is 1.55. The largest absolute Gasteiger partial charge is 0.478 e. The highest BCUT2D eigenvalue weighted by molar-refractivity contribution is 6.36. The highest BCUT2D eigenvalue weighted by Gasteiger charge is 2.01. The van der Waals surface area contributed by atoms with Gasteiger partial charge in [0.25, 0.3) is 0 Å². The molecule has 0 aromatic heterocycles. The number of hydrogen-bond donors (Lipinski definition) is 1. The summed E-state index contributed by atoms with van der Waals surface area (Å²) >= 11 is 0. The number of aromatic carboxylic acids is 1. The number of hydrogen-bond acceptors (Lipinski definition) is 3. The fourth-order valence-corrected chi connectivity index (χ4v) is 1.21. The Balaban J connectivity index is 2.91. The van der Waals surface area contributed by atoms with Crippen molar-refractivity contribution in [1.29, 1.82) is 0 Å². The quantitative estimate of drug-likeness (QED) is 0.808. The van der Waals surface area contributed by atoms with Gasteiger partial charge in [0, 0.05) is 7.05 Å². The summed E-state index contributed by atoms with van der Waals surface area (Å²) in [6.45, 7) is 1.89. The monoisotopic (exact) mass is 230 g/mol. The molecule has 0 spiro atoms. The molecule has 17 heavy (non-hydrogen) atoms. The van der Waals surface area contributed by atoms with Crippen molar-refractivity contribution in [1.82, 2.24) is 0 Å². The Bertz CT molecular complexity index is 488. The maximum absolute atomic E-state index is 10.8. The number of carboxylic acids is 1. The zero-order valence-corrected chi connectivity index (χ0v) is 9.79. The molecule has 0 aliphatic heterocycles. The second-order valence-corrected chi connectivity index (χ2v) is 3.26. The summed E-state index contributed by atoms with van der Waals surface area (Å²) in [7, 11) is 1.68. The van der Waals surface area contributed by atoms with Crippen molar-refractivity contribution in [3.05, 3.63) is 42.0 Å². The third-order valence-corrected chi connectivity index (χ3v) is 2.03. The molecule has 88 valence electrons. The van der Waals surface area contributed by atoms with Crippen molar-refractivity contribution in [2.24, 2.45) is 9.98 Å². The maximum atomic E-state index is 10.8. The Morgan fingerprint density at radius 3 is 2.76 bits per heavy atom. The van der Waals surface area contributed by atoms with Gasteiger partial charge in [-0.05, 0) is 31.2 Å². The SMILES string of the molecule is CC=CC(C=Nc1cccc(C(=O)O)c1)=NC. The van der Waals surface area contributed by atoms with E-state index in [1.807, 2.05) is 19.1 Å². The molecule has 0 saturated carbocycles. The third-order valence-electron chi connectivity index (χ3n) is 2.03. The van der Waals surface area contributed by atoms with Crippen molar-refractivity contribution in [3.8, 4) is 0 Å². The minimum absolute atomic E-state index is 0.223. The predicted octanol–water partition coefficient (Wildman–Crippen LogP) is 2.73. The Morgan fingerprint density at radius 2 is 2.18 bits per heavy atom. The topological polar surface area (TPSA) is 62.0 Å². The highest BCUT2D eigenvalue weighted by Crippen LogP contribution is 2.13. The average molecular weight is 230 g/mol. The van der Waals surface area contributed by atoms with Gasteiger partial charge < -0.3 is 5.11 Å². The lowest BCUT2D eigenvalue weighted by molar-refractivity contribution is 0.0697. The van der Waals surface area contributed by atoms with Gasteiger partial charge >= 0.3 is 5.97 Å². The lowest BCUT2D eigenvalue weighted by atomic mass is 10.2. The maximum Gasteiger partial charge on any atom is 0.335 e. The van der Waals surface area contributed by atoms with Crippen LogP contribution in [0.3, 0.4) is 0 Å². The molecule has 0 aliphatic carbocycles. The zero-order chi connectivity index (χ0) is 12.7. The van der Waals surface area contributed by atoms with E-state index in [1.165, 1.54) is 12.1 Å². The van der Waals surface area contributed by atoms with Gasteiger partial charge in [0.05, 0.1) is 23.2 Å².